The van der Waals surface area contributed by atoms with Crippen LogP contribution < -0.4 is 5.32 Å². The number of carbonyl (C=O) groups is 1. The zero-order valence-electron chi connectivity index (χ0n) is 15.1. The van der Waals surface area contributed by atoms with Crippen molar-refractivity contribution in [2.45, 2.75) is 19.9 Å². The van der Waals surface area contributed by atoms with Crippen LogP contribution in [0.5, 0.6) is 0 Å². The molecular weight excluding hydrogens is 330 g/mol. The van der Waals surface area contributed by atoms with Gasteiger partial charge < -0.3 is 10.2 Å². The number of nitrogens with one attached hydrogen (secondary N) is 1. The monoisotopic (exact) mass is 351 g/mol. The molecule has 1 aliphatic rings. The van der Waals surface area contributed by atoms with Crippen LogP contribution in [0.15, 0.2) is 30.7 Å². The summed E-state index contributed by atoms with van der Waals surface area (Å²) in [6, 6.07) is 3.89. The third-order valence-electron chi connectivity index (χ3n) is 4.71. The van der Waals surface area contributed by atoms with Crippen LogP contribution in [0, 0.1) is 0 Å². The van der Waals surface area contributed by atoms with Crippen molar-refractivity contribution in [2.75, 3.05) is 11.9 Å². The topological polar surface area (TPSA) is 80.9 Å². The van der Waals surface area contributed by atoms with Crippen LogP contribution in [0.1, 0.15) is 18.2 Å². The summed E-state index contributed by atoms with van der Waals surface area (Å²) in [6.45, 7) is 2.93. The molecule has 8 heteroatoms. The number of aromatic nitrogens is 5. The van der Waals surface area contributed by atoms with Gasteiger partial charge in [0.15, 0.2) is 5.82 Å². The van der Waals surface area contributed by atoms with Crippen LogP contribution in [-0.4, -0.2) is 41.9 Å². The van der Waals surface area contributed by atoms with E-state index in [1.54, 1.807) is 24.0 Å². The number of hydrogen-bond acceptors (Lipinski definition) is 5. The van der Waals surface area contributed by atoms with E-state index in [2.05, 4.69) is 20.5 Å². The first kappa shape index (κ1) is 16.3. The van der Waals surface area contributed by atoms with E-state index in [1.165, 1.54) is 5.69 Å². The maximum Gasteiger partial charge on any atom is 0.219 e. The molecule has 3 aromatic rings. The summed E-state index contributed by atoms with van der Waals surface area (Å²) in [5, 5.41) is 12.2. The lowest BCUT2D eigenvalue weighted by Crippen LogP contribution is -2.34. The van der Waals surface area contributed by atoms with Crippen molar-refractivity contribution in [2.24, 2.45) is 14.1 Å². The predicted molar refractivity (Wildman–Crippen MR) is 97.7 cm³/mol. The van der Waals surface area contributed by atoms with Crippen LogP contribution in [0.25, 0.3) is 11.3 Å². The lowest BCUT2D eigenvalue weighted by Gasteiger charge is -2.26. The van der Waals surface area contributed by atoms with Crippen LogP contribution >= 0.6 is 0 Å². The molecule has 26 heavy (non-hydrogen) atoms. The van der Waals surface area contributed by atoms with E-state index in [9.17, 15) is 4.79 Å². The van der Waals surface area contributed by atoms with Gasteiger partial charge in [0.1, 0.15) is 0 Å². The molecule has 3 aromatic heterocycles. The van der Waals surface area contributed by atoms with Gasteiger partial charge in [0.25, 0.3) is 0 Å². The first-order valence-corrected chi connectivity index (χ1v) is 8.53. The van der Waals surface area contributed by atoms with Crippen molar-refractivity contribution in [3.63, 3.8) is 0 Å². The number of fused-ring (bicyclic) bond motifs is 1. The molecule has 0 bridgehead atoms. The van der Waals surface area contributed by atoms with Gasteiger partial charge in [0, 0.05) is 68.9 Å². The minimum absolute atomic E-state index is 0.0910. The number of hydrogen-bond donors (Lipinski definition) is 1. The van der Waals surface area contributed by atoms with Gasteiger partial charge in [-0.25, -0.2) is 0 Å². The van der Waals surface area contributed by atoms with E-state index in [4.69, 9.17) is 0 Å². The zero-order chi connectivity index (χ0) is 18.3. The van der Waals surface area contributed by atoms with Crippen LogP contribution in [0.4, 0.5) is 11.5 Å². The Morgan fingerprint density at radius 3 is 2.88 bits per heavy atom. The molecule has 8 nitrogen and oxygen atoms in total. The number of amides is 1. The lowest BCUT2D eigenvalue weighted by atomic mass is 10.1. The van der Waals surface area contributed by atoms with E-state index in [1.807, 2.05) is 42.0 Å². The molecule has 0 fully saturated rings. The molecule has 1 aliphatic heterocycles. The zero-order valence-corrected chi connectivity index (χ0v) is 15.1. The fourth-order valence-corrected chi connectivity index (χ4v) is 3.32. The summed E-state index contributed by atoms with van der Waals surface area (Å²) in [5.41, 5.74) is 4.96. The molecule has 1 amide bonds. The molecule has 0 spiro atoms. The highest BCUT2D eigenvalue weighted by Gasteiger charge is 2.25. The summed E-state index contributed by atoms with van der Waals surface area (Å²) in [4.78, 5) is 18.0. The second kappa shape index (κ2) is 6.29. The van der Waals surface area contributed by atoms with Gasteiger partial charge in [-0.1, -0.05) is 0 Å². The summed E-state index contributed by atoms with van der Waals surface area (Å²) < 4.78 is 3.65. The number of nitrogens with zero attached hydrogens (tertiary/aromatic N) is 6. The van der Waals surface area contributed by atoms with E-state index < -0.39 is 0 Å². The SMILES string of the molecule is CC(=O)N1CCc2c(c(Nc3ccnc(-c4cnn(C)c4)c3)nn2C)C1. The summed E-state index contributed by atoms with van der Waals surface area (Å²) in [7, 11) is 3.83. The Bertz CT molecular complexity index is 972. The fourth-order valence-electron chi connectivity index (χ4n) is 3.32. The van der Waals surface area contributed by atoms with E-state index in [0.29, 0.717) is 6.54 Å². The average Bonchev–Trinajstić information content (AvgIpc) is 3.19. The molecule has 0 saturated heterocycles. The molecule has 4 heterocycles. The number of rotatable bonds is 3. The van der Waals surface area contributed by atoms with Crippen molar-refractivity contribution in [3.8, 4) is 11.3 Å². The van der Waals surface area contributed by atoms with E-state index in [-0.39, 0.29) is 5.91 Å². The Kier molecular flexibility index (Phi) is 3.95. The molecule has 0 unspecified atom stereocenters. The third kappa shape index (κ3) is 2.94. The maximum atomic E-state index is 11.8. The molecule has 1 N–H and O–H groups in total. The smallest absolute Gasteiger partial charge is 0.219 e. The van der Waals surface area contributed by atoms with Gasteiger partial charge in [-0.05, 0) is 12.1 Å². The Balaban J connectivity index is 1.63. The van der Waals surface area contributed by atoms with Gasteiger partial charge in [-0.3, -0.25) is 19.1 Å². The minimum atomic E-state index is 0.0910. The minimum Gasteiger partial charge on any atom is -0.338 e. The van der Waals surface area contributed by atoms with Gasteiger partial charge >= 0.3 is 0 Å². The van der Waals surface area contributed by atoms with Crippen LogP contribution in [0.3, 0.4) is 0 Å². The largest absolute Gasteiger partial charge is 0.338 e. The second-order valence-corrected chi connectivity index (χ2v) is 6.55. The highest BCUT2D eigenvalue weighted by molar-refractivity contribution is 5.74. The lowest BCUT2D eigenvalue weighted by molar-refractivity contribution is -0.129. The Labute approximate surface area is 151 Å². The Hall–Kier alpha value is -3.16. The molecular formula is C18H21N7O. The maximum absolute atomic E-state index is 11.8. The highest BCUT2D eigenvalue weighted by Crippen LogP contribution is 2.29. The highest BCUT2D eigenvalue weighted by atomic mass is 16.2. The molecule has 134 valence electrons. The van der Waals surface area contributed by atoms with Crippen molar-refractivity contribution in [1.29, 1.82) is 0 Å². The van der Waals surface area contributed by atoms with Gasteiger partial charge in [-0.2, -0.15) is 10.2 Å². The van der Waals surface area contributed by atoms with E-state index >= 15 is 0 Å². The van der Waals surface area contributed by atoms with E-state index in [0.717, 1.165) is 41.3 Å². The van der Waals surface area contributed by atoms with Crippen LogP contribution in [0.2, 0.25) is 0 Å². The second-order valence-electron chi connectivity index (χ2n) is 6.55. The normalized spacial score (nSPS) is 13.6. The number of carbonyl (C=O) groups excluding carboxylic acids is 1. The molecule has 0 saturated carbocycles. The molecule has 0 aromatic carbocycles. The Morgan fingerprint density at radius 1 is 1.31 bits per heavy atom. The Morgan fingerprint density at radius 2 is 2.15 bits per heavy atom. The number of aryl methyl sites for hydroxylation is 2. The number of anilines is 2. The van der Waals surface area contributed by atoms with Gasteiger partial charge in [-0.15, -0.1) is 0 Å². The molecule has 4 rings (SSSR count). The van der Waals surface area contributed by atoms with Crippen molar-refractivity contribution in [1.82, 2.24) is 29.4 Å². The van der Waals surface area contributed by atoms with Crippen molar-refractivity contribution < 1.29 is 4.79 Å². The fraction of sp³-hybridized carbons (Fsp3) is 0.333. The summed E-state index contributed by atoms with van der Waals surface area (Å²) in [6.07, 6.45) is 6.30. The van der Waals surface area contributed by atoms with Gasteiger partial charge in [0.05, 0.1) is 18.4 Å². The quantitative estimate of drug-likeness (QED) is 0.779. The molecule has 0 atom stereocenters. The van der Waals surface area contributed by atoms with Gasteiger partial charge in [0.2, 0.25) is 5.91 Å². The number of pyridine rings is 1. The standard InChI is InChI=1S/C18H21N7O/c1-12(26)25-7-5-17-15(11-25)18(22-24(17)3)21-14-4-6-19-16(8-14)13-9-20-23(2)10-13/h4,6,8-10H,5,7,11H2,1-3H3,(H,19,21,22). The third-order valence-corrected chi connectivity index (χ3v) is 4.71. The first-order valence-electron chi connectivity index (χ1n) is 8.53. The molecule has 0 radical (unpaired) electrons. The molecule has 0 aliphatic carbocycles. The predicted octanol–water partition coefficient (Wildman–Crippen LogP) is 1.86. The van der Waals surface area contributed by atoms with Crippen molar-refractivity contribution in [3.05, 3.63) is 42.0 Å². The summed E-state index contributed by atoms with van der Waals surface area (Å²) in [5.74, 6) is 0.880. The first-order chi connectivity index (χ1) is 12.5. The van der Waals surface area contributed by atoms with Crippen LogP contribution in [-0.2, 0) is 31.9 Å². The summed E-state index contributed by atoms with van der Waals surface area (Å²) >= 11 is 0. The van der Waals surface area contributed by atoms with Crippen molar-refractivity contribution >= 4 is 17.4 Å². The average molecular weight is 351 g/mol.